The van der Waals surface area contributed by atoms with E-state index in [9.17, 15) is 19.8 Å². The van der Waals surface area contributed by atoms with Crippen LogP contribution in [0.15, 0.2) is 12.2 Å². The number of carboxylic acid groups (broad SMARTS) is 2. The fourth-order valence-electron chi connectivity index (χ4n) is 2.60. The van der Waals surface area contributed by atoms with Gasteiger partial charge in [-0.15, -0.1) is 11.6 Å². The van der Waals surface area contributed by atoms with Crippen LogP contribution < -0.4 is 0 Å². The van der Waals surface area contributed by atoms with Crippen molar-refractivity contribution in [2.24, 2.45) is 5.92 Å². The minimum Gasteiger partial charge on any atom is -0.479 e. The second kappa shape index (κ2) is 6.25. The summed E-state index contributed by atoms with van der Waals surface area (Å²) in [6, 6.07) is 0. The summed E-state index contributed by atoms with van der Waals surface area (Å²) in [5, 5.41) is 18.7. The van der Waals surface area contributed by atoms with Gasteiger partial charge in [0.05, 0.1) is 6.61 Å². The first kappa shape index (κ1) is 15.8. The van der Waals surface area contributed by atoms with Crippen LogP contribution in [-0.4, -0.2) is 58.9 Å². The Morgan fingerprint density at radius 1 is 1.53 bits per heavy atom. The number of carboxylic acids is 1. The topological polar surface area (TPSA) is 87.1 Å². The maximum atomic E-state index is 11.6. The first-order valence-electron chi connectivity index (χ1n) is 5.83. The van der Waals surface area contributed by atoms with Gasteiger partial charge in [-0.1, -0.05) is 12.2 Å². The molecule has 1 heterocycles. The molecule has 0 aromatic rings. The molecule has 0 bridgehead atoms. The highest BCUT2D eigenvalue weighted by Gasteiger charge is 2.53. The standard InChI is InChI=1S/C12H18ClNO5/c1-8(5-13)3-12(10(15)16)4-9(7-19-2)6-14(12)11(17)18/h9H,1,3-7H2,2H3,(H,15,16)(H,17,18). The van der Waals surface area contributed by atoms with Gasteiger partial charge in [0.25, 0.3) is 0 Å². The Kier molecular flexibility index (Phi) is 5.20. The highest BCUT2D eigenvalue weighted by Crippen LogP contribution is 2.38. The summed E-state index contributed by atoms with van der Waals surface area (Å²) in [6.07, 6.45) is -1.01. The van der Waals surface area contributed by atoms with Gasteiger partial charge in [-0.3, -0.25) is 4.90 Å². The second-order valence-electron chi connectivity index (χ2n) is 4.82. The third kappa shape index (κ3) is 3.19. The van der Waals surface area contributed by atoms with Crippen LogP contribution in [0.5, 0.6) is 0 Å². The summed E-state index contributed by atoms with van der Waals surface area (Å²) in [7, 11) is 1.50. The summed E-state index contributed by atoms with van der Waals surface area (Å²) >= 11 is 5.64. The molecule has 0 aliphatic carbocycles. The van der Waals surface area contributed by atoms with E-state index in [1.807, 2.05) is 0 Å². The normalized spacial score (nSPS) is 26.4. The molecule has 1 saturated heterocycles. The number of aliphatic carboxylic acids is 1. The van der Waals surface area contributed by atoms with Crippen molar-refractivity contribution in [1.82, 2.24) is 4.90 Å². The van der Waals surface area contributed by atoms with Crippen LogP contribution in [0.2, 0.25) is 0 Å². The summed E-state index contributed by atoms with van der Waals surface area (Å²) in [4.78, 5) is 23.9. The van der Waals surface area contributed by atoms with E-state index < -0.39 is 17.6 Å². The SMILES string of the molecule is C=C(CCl)CC1(C(=O)O)CC(COC)CN1C(=O)O. The fourth-order valence-corrected chi connectivity index (χ4v) is 2.70. The van der Waals surface area contributed by atoms with Crippen LogP contribution in [0.3, 0.4) is 0 Å². The first-order chi connectivity index (χ1) is 8.87. The molecule has 0 aromatic heterocycles. The Balaban J connectivity index is 3.06. The lowest BCUT2D eigenvalue weighted by Crippen LogP contribution is -2.53. The lowest BCUT2D eigenvalue weighted by atomic mass is 9.86. The number of alkyl halides is 1. The highest BCUT2D eigenvalue weighted by molar-refractivity contribution is 6.19. The number of methoxy groups -OCH3 is 1. The third-order valence-electron chi connectivity index (χ3n) is 3.35. The van der Waals surface area contributed by atoms with Gasteiger partial charge in [-0.25, -0.2) is 9.59 Å². The Bertz CT molecular complexity index is 386. The molecule has 1 rings (SSSR count). The summed E-state index contributed by atoms with van der Waals surface area (Å²) < 4.78 is 5.00. The molecule has 19 heavy (non-hydrogen) atoms. The number of carbonyl (C=O) groups is 2. The number of hydrogen-bond donors (Lipinski definition) is 2. The number of rotatable bonds is 6. The maximum absolute atomic E-state index is 11.6. The lowest BCUT2D eigenvalue weighted by Gasteiger charge is -2.33. The molecule has 0 saturated carbocycles. The molecule has 2 unspecified atom stereocenters. The van der Waals surface area contributed by atoms with Crippen molar-refractivity contribution in [1.29, 1.82) is 0 Å². The van der Waals surface area contributed by atoms with Gasteiger partial charge in [0, 0.05) is 31.9 Å². The number of nitrogens with zero attached hydrogens (tertiary/aromatic N) is 1. The number of hydrogen-bond acceptors (Lipinski definition) is 3. The van der Waals surface area contributed by atoms with E-state index in [0.717, 1.165) is 4.90 Å². The zero-order valence-electron chi connectivity index (χ0n) is 10.8. The van der Waals surface area contributed by atoms with Crippen molar-refractivity contribution >= 4 is 23.7 Å². The molecule has 108 valence electrons. The first-order valence-corrected chi connectivity index (χ1v) is 6.36. The molecule has 0 spiro atoms. The molecule has 1 amide bonds. The molecule has 0 aromatic carbocycles. The van der Waals surface area contributed by atoms with Crippen molar-refractivity contribution in [3.8, 4) is 0 Å². The number of amides is 1. The largest absolute Gasteiger partial charge is 0.479 e. The zero-order chi connectivity index (χ0) is 14.6. The van der Waals surface area contributed by atoms with Crippen molar-refractivity contribution in [2.75, 3.05) is 26.1 Å². The predicted octanol–water partition coefficient (Wildman–Crippen LogP) is 1.64. The quantitative estimate of drug-likeness (QED) is 0.574. The zero-order valence-corrected chi connectivity index (χ0v) is 11.5. The monoisotopic (exact) mass is 291 g/mol. The minimum absolute atomic E-state index is 0.0261. The third-order valence-corrected chi connectivity index (χ3v) is 3.72. The van der Waals surface area contributed by atoms with E-state index in [1.165, 1.54) is 7.11 Å². The van der Waals surface area contributed by atoms with Crippen LogP contribution in [0.25, 0.3) is 0 Å². The highest BCUT2D eigenvalue weighted by atomic mass is 35.5. The van der Waals surface area contributed by atoms with Crippen molar-refractivity contribution in [2.45, 2.75) is 18.4 Å². The maximum Gasteiger partial charge on any atom is 0.408 e. The van der Waals surface area contributed by atoms with E-state index in [4.69, 9.17) is 16.3 Å². The molecule has 1 fully saturated rings. The van der Waals surface area contributed by atoms with Crippen LogP contribution in [0.1, 0.15) is 12.8 Å². The Morgan fingerprint density at radius 2 is 2.16 bits per heavy atom. The molecular formula is C12H18ClNO5. The van der Waals surface area contributed by atoms with E-state index in [1.54, 1.807) is 0 Å². The van der Waals surface area contributed by atoms with Crippen molar-refractivity contribution in [3.63, 3.8) is 0 Å². The van der Waals surface area contributed by atoms with Gasteiger partial charge in [-0.05, 0) is 6.42 Å². The fraction of sp³-hybridized carbons (Fsp3) is 0.667. The molecule has 1 aliphatic heterocycles. The molecule has 0 radical (unpaired) electrons. The van der Waals surface area contributed by atoms with Gasteiger partial charge >= 0.3 is 12.1 Å². The summed E-state index contributed by atoms with van der Waals surface area (Å²) in [6.45, 7) is 4.15. The van der Waals surface area contributed by atoms with Gasteiger partial charge in [0.15, 0.2) is 0 Å². The van der Waals surface area contributed by atoms with Gasteiger partial charge in [-0.2, -0.15) is 0 Å². The molecule has 6 nitrogen and oxygen atoms in total. The van der Waals surface area contributed by atoms with Crippen molar-refractivity contribution in [3.05, 3.63) is 12.2 Å². The van der Waals surface area contributed by atoms with Crippen LogP contribution in [-0.2, 0) is 9.53 Å². The van der Waals surface area contributed by atoms with Crippen molar-refractivity contribution < 1.29 is 24.5 Å². The van der Waals surface area contributed by atoms with Crippen LogP contribution in [0, 0.1) is 5.92 Å². The average Bonchev–Trinajstić information content (AvgIpc) is 2.69. The van der Waals surface area contributed by atoms with E-state index in [-0.39, 0.29) is 31.2 Å². The van der Waals surface area contributed by atoms with Crippen LogP contribution >= 0.6 is 11.6 Å². The smallest absolute Gasteiger partial charge is 0.408 e. The Hall–Kier alpha value is -1.27. The van der Waals surface area contributed by atoms with Gasteiger partial charge < -0.3 is 14.9 Å². The summed E-state index contributed by atoms with van der Waals surface area (Å²) in [5.41, 5.74) is -0.977. The molecule has 2 atom stereocenters. The van der Waals surface area contributed by atoms with Gasteiger partial charge in [0.2, 0.25) is 0 Å². The van der Waals surface area contributed by atoms with Gasteiger partial charge in [0.1, 0.15) is 5.54 Å². The lowest BCUT2D eigenvalue weighted by molar-refractivity contribution is -0.148. The van der Waals surface area contributed by atoms with E-state index >= 15 is 0 Å². The molecular weight excluding hydrogens is 274 g/mol. The molecule has 2 N–H and O–H groups in total. The molecule has 1 aliphatic rings. The number of ether oxygens (including phenoxy) is 1. The number of likely N-dealkylation sites (tertiary alicyclic amines) is 1. The van der Waals surface area contributed by atoms with E-state index in [0.29, 0.717) is 12.2 Å². The Morgan fingerprint density at radius 3 is 2.58 bits per heavy atom. The average molecular weight is 292 g/mol. The number of halogens is 1. The predicted molar refractivity (Wildman–Crippen MR) is 69.6 cm³/mol. The molecule has 7 heteroatoms. The van der Waals surface area contributed by atoms with E-state index in [2.05, 4.69) is 6.58 Å². The minimum atomic E-state index is -1.49. The summed E-state index contributed by atoms with van der Waals surface area (Å²) in [5.74, 6) is -1.20. The Labute approximate surface area is 116 Å². The second-order valence-corrected chi connectivity index (χ2v) is 5.08. The van der Waals surface area contributed by atoms with Crippen LogP contribution in [0.4, 0.5) is 4.79 Å².